The lowest BCUT2D eigenvalue weighted by Gasteiger charge is -2.35. The molecule has 0 spiro atoms. The normalized spacial score (nSPS) is 17.3. The van der Waals surface area contributed by atoms with E-state index in [1.54, 1.807) is 30.3 Å². The number of imide groups is 1. The Kier molecular flexibility index (Phi) is 5.34. The molecule has 1 aromatic carbocycles. The zero-order valence-electron chi connectivity index (χ0n) is 15.7. The van der Waals surface area contributed by atoms with Crippen LogP contribution in [-0.2, 0) is 0 Å². The fourth-order valence-electron chi connectivity index (χ4n) is 3.82. The Labute approximate surface area is 163 Å². The number of rotatable bonds is 6. The largest absolute Gasteiger partial charge is 0.354 e. The van der Waals surface area contributed by atoms with E-state index in [1.165, 1.54) is 11.0 Å². The highest BCUT2D eigenvalue weighted by Crippen LogP contribution is 2.22. The van der Waals surface area contributed by atoms with E-state index in [2.05, 4.69) is 14.8 Å². The first-order valence-corrected chi connectivity index (χ1v) is 9.68. The van der Waals surface area contributed by atoms with Crippen LogP contribution in [0.4, 0.5) is 10.2 Å². The predicted octanol–water partition coefficient (Wildman–Crippen LogP) is 2.42. The average Bonchev–Trinajstić information content (AvgIpc) is 2.96. The summed E-state index contributed by atoms with van der Waals surface area (Å²) in [5, 5.41) is 0. The van der Waals surface area contributed by atoms with Crippen molar-refractivity contribution in [3.8, 4) is 0 Å². The minimum atomic E-state index is -0.451. The summed E-state index contributed by atoms with van der Waals surface area (Å²) in [6, 6.07) is 11.9. The number of carbonyl (C=O) groups is 2. The van der Waals surface area contributed by atoms with Gasteiger partial charge in [-0.1, -0.05) is 18.2 Å². The Morgan fingerprint density at radius 2 is 1.46 bits per heavy atom. The van der Waals surface area contributed by atoms with Crippen molar-refractivity contribution in [3.63, 3.8) is 0 Å². The third kappa shape index (κ3) is 3.75. The molecule has 0 bridgehead atoms. The highest BCUT2D eigenvalue weighted by Gasteiger charge is 2.34. The van der Waals surface area contributed by atoms with Crippen molar-refractivity contribution < 1.29 is 14.0 Å². The highest BCUT2D eigenvalue weighted by atomic mass is 19.1. The molecule has 2 aromatic rings. The Balaban J connectivity index is 1.20. The summed E-state index contributed by atoms with van der Waals surface area (Å²) < 4.78 is 13.3. The van der Waals surface area contributed by atoms with Crippen molar-refractivity contribution in [1.29, 1.82) is 0 Å². The van der Waals surface area contributed by atoms with Crippen molar-refractivity contribution in [2.24, 2.45) is 0 Å². The number of pyridine rings is 1. The summed E-state index contributed by atoms with van der Waals surface area (Å²) in [5.41, 5.74) is 1.02. The summed E-state index contributed by atoms with van der Waals surface area (Å²) in [4.78, 5) is 34.5. The molecule has 0 radical (unpaired) electrons. The monoisotopic (exact) mass is 382 g/mol. The van der Waals surface area contributed by atoms with Crippen molar-refractivity contribution in [2.45, 2.75) is 12.8 Å². The van der Waals surface area contributed by atoms with Gasteiger partial charge in [0.2, 0.25) is 5.95 Å². The van der Waals surface area contributed by atoms with E-state index in [9.17, 15) is 14.0 Å². The van der Waals surface area contributed by atoms with Gasteiger partial charge in [-0.15, -0.1) is 0 Å². The van der Waals surface area contributed by atoms with Gasteiger partial charge < -0.3 is 4.90 Å². The second-order valence-electron chi connectivity index (χ2n) is 7.16. The molecule has 1 aromatic heterocycles. The molecule has 1 fully saturated rings. The fourth-order valence-corrected chi connectivity index (χ4v) is 3.82. The van der Waals surface area contributed by atoms with Gasteiger partial charge in [0.25, 0.3) is 11.8 Å². The number of hydrogen-bond acceptors (Lipinski definition) is 5. The molecule has 2 aliphatic rings. The smallest absolute Gasteiger partial charge is 0.261 e. The summed E-state index contributed by atoms with van der Waals surface area (Å²) in [5.74, 6) is -0.132. The lowest BCUT2D eigenvalue weighted by molar-refractivity contribution is 0.0650. The van der Waals surface area contributed by atoms with Crippen LogP contribution in [-0.4, -0.2) is 65.9 Å². The molecule has 1 saturated heterocycles. The van der Waals surface area contributed by atoms with Crippen molar-refractivity contribution >= 4 is 17.6 Å². The van der Waals surface area contributed by atoms with Crippen molar-refractivity contribution in [2.75, 3.05) is 44.2 Å². The molecule has 0 aliphatic carbocycles. The molecular formula is C21H23FN4O2. The maximum absolute atomic E-state index is 13.3. The molecule has 2 aliphatic heterocycles. The number of unbranched alkanes of at least 4 members (excludes halogenated alkanes) is 1. The van der Waals surface area contributed by atoms with Crippen molar-refractivity contribution in [1.82, 2.24) is 14.8 Å². The van der Waals surface area contributed by atoms with Gasteiger partial charge in [-0.3, -0.25) is 19.4 Å². The van der Waals surface area contributed by atoms with Gasteiger partial charge >= 0.3 is 0 Å². The van der Waals surface area contributed by atoms with Crippen LogP contribution in [0.5, 0.6) is 0 Å². The van der Waals surface area contributed by atoms with Crippen molar-refractivity contribution in [3.05, 3.63) is 59.5 Å². The van der Waals surface area contributed by atoms with E-state index in [0.29, 0.717) is 23.5 Å². The minimum absolute atomic E-state index is 0.184. The molecule has 0 unspecified atom stereocenters. The first kappa shape index (κ1) is 18.6. The van der Waals surface area contributed by atoms with Crippen LogP contribution in [0.1, 0.15) is 33.6 Å². The lowest BCUT2D eigenvalue weighted by Crippen LogP contribution is -2.47. The number of anilines is 1. The molecule has 0 N–H and O–H groups in total. The third-order valence-electron chi connectivity index (χ3n) is 5.38. The Morgan fingerprint density at radius 1 is 0.821 bits per heavy atom. The summed E-state index contributed by atoms with van der Waals surface area (Å²) in [6.07, 6.45) is 1.71. The Bertz CT molecular complexity index is 845. The fraction of sp³-hybridized carbons (Fsp3) is 0.381. The first-order chi connectivity index (χ1) is 13.6. The van der Waals surface area contributed by atoms with Gasteiger partial charge in [0.1, 0.15) is 5.82 Å². The second kappa shape index (κ2) is 8.06. The van der Waals surface area contributed by atoms with Crippen LogP contribution in [0.3, 0.4) is 0 Å². The molecule has 0 saturated carbocycles. The maximum Gasteiger partial charge on any atom is 0.261 e. The van der Waals surface area contributed by atoms with E-state index in [4.69, 9.17) is 0 Å². The van der Waals surface area contributed by atoms with Gasteiger partial charge in [0.15, 0.2) is 0 Å². The number of fused-ring (bicyclic) bond motifs is 1. The summed E-state index contributed by atoms with van der Waals surface area (Å²) in [6.45, 7) is 4.80. The quantitative estimate of drug-likeness (QED) is 0.436. The molecule has 4 rings (SSSR count). The number of nitrogens with zero attached hydrogens (tertiary/aromatic N) is 4. The zero-order chi connectivity index (χ0) is 19.5. The van der Waals surface area contributed by atoms with Gasteiger partial charge in [-0.25, -0.2) is 4.98 Å². The van der Waals surface area contributed by atoms with E-state index < -0.39 is 5.95 Å². The van der Waals surface area contributed by atoms with Crippen LogP contribution >= 0.6 is 0 Å². The maximum atomic E-state index is 13.3. The van der Waals surface area contributed by atoms with Crippen LogP contribution in [0.2, 0.25) is 0 Å². The lowest BCUT2D eigenvalue weighted by atomic mass is 10.1. The van der Waals surface area contributed by atoms with Crippen LogP contribution in [0.25, 0.3) is 0 Å². The van der Waals surface area contributed by atoms with E-state index in [0.717, 1.165) is 45.6 Å². The van der Waals surface area contributed by atoms with E-state index >= 15 is 0 Å². The number of amides is 2. The van der Waals surface area contributed by atoms with Gasteiger partial charge in [-0.05, 0) is 43.7 Å². The predicted molar refractivity (Wildman–Crippen MR) is 104 cm³/mol. The number of aromatic nitrogens is 1. The van der Waals surface area contributed by atoms with Gasteiger partial charge in [0.05, 0.1) is 11.1 Å². The number of piperazine rings is 1. The van der Waals surface area contributed by atoms with Crippen LogP contribution < -0.4 is 4.90 Å². The van der Waals surface area contributed by atoms with E-state index in [1.807, 2.05) is 6.07 Å². The number of benzene rings is 1. The molecule has 3 heterocycles. The Hall–Kier alpha value is -2.80. The number of halogens is 1. The highest BCUT2D eigenvalue weighted by molar-refractivity contribution is 6.21. The second-order valence-corrected chi connectivity index (χ2v) is 7.16. The summed E-state index contributed by atoms with van der Waals surface area (Å²) >= 11 is 0. The van der Waals surface area contributed by atoms with E-state index in [-0.39, 0.29) is 11.8 Å². The molecule has 146 valence electrons. The zero-order valence-corrected chi connectivity index (χ0v) is 15.7. The third-order valence-corrected chi connectivity index (χ3v) is 5.38. The average molecular weight is 382 g/mol. The summed E-state index contributed by atoms with van der Waals surface area (Å²) in [7, 11) is 0. The molecule has 2 amide bonds. The molecule has 6 nitrogen and oxygen atoms in total. The van der Waals surface area contributed by atoms with Crippen LogP contribution in [0, 0.1) is 5.95 Å². The number of hydrogen-bond donors (Lipinski definition) is 0. The first-order valence-electron chi connectivity index (χ1n) is 9.68. The SMILES string of the molecule is O=C1c2ccccc2C(=O)N1CCCCN1CCN(c2cccc(F)n2)CC1. The molecule has 28 heavy (non-hydrogen) atoms. The topological polar surface area (TPSA) is 56.8 Å². The standard InChI is InChI=1S/C21H23FN4O2/c22-18-8-5-9-19(23-18)25-14-12-24(13-15-25)10-3-4-11-26-20(27)16-6-1-2-7-17(16)21(26)28/h1-2,5-9H,3-4,10-15H2. The Morgan fingerprint density at radius 3 is 2.11 bits per heavy atom. The molecule has 0 atom stereocenters. The minimum Gasteiger partial charge on any atom is -0.354 e. The van der Waals surface area contributed by atoms with Gasteiger partial charge in [0, 0.05) is 32.7 Å². The van der Waals surface area contributed by atoms with Gasteiger partial charge in [-0.2, -0.15) is 4.39 Å². The molecule has 7 heteroatoms. The van der Waals surface area contributed by atoms with Crippen LogP contribution in [0.15, 0.2) is 42.5 Å². The number of carbonyl (C=O) groups excluding carboxylic acids is 2. The molecular weight excluding hydrogens is 359 g/mol.